The van der Waals surface area contributed by atoms with E-state index in [9.17, 15) is 8.42 Å². The molecule has 5 nitrogen and oxygen atoms in total. The second-order valence-corrected chi connectivity index (χ2v) is 7.80. The average molecular weight is 292 g/mol. The van der Waals surface area contributed by atoms with Crippen molar-refractivity contribution in [1.82, 2.24) is 14.8 Å². The van der Waals surface area contributed by atoms with Crippen LogP contribution in [0.15, 0.2) is 5.16 Å². The van der Waals surface area contributed by atoms with Gasteiger partial charge >= 0.3 is 0 Å². The zero-order valence-electron chi connectivity index (χ0n) is 10.6. The Morgan fingerprint density at radius 3 is 2.50 bits per heavy atom. The first-order valence-corrected chi connectivity index (χ1v) is 8.55. The molecule has 1 saturated carbocycles. The van der Waals surface area contributed by atoms with Crippen LogP contribution < -0.4 is 0 Å². The molecule has 0 aliphatic heterocycles. The van der Waals surface area contributed by atoms with Gasteiger partial charge in [0, 0.05) is 23.6 Å². The smallest absolute Gasteiger partial charge is 0.296 e. The van der Waals surface area contributed by atoms with Crippen molar-refractivity contribution in [1.29, 1.82) is 0 Å². The van der Waals surface area contributed by atoms with Gasteiger partial charge in [-0.3, -0.25) is 0 Å². The molecule has 1 heterocycles. The van der Waals surface area contributed by atoms with Crippen molar-refractivity contribution < 1.29 is 8.42 Å². The monoisotopic (exact) mass is 291 g/mol. The van der Waals surface area contributed by atoms with Crippen LogP contribution in [0, 0.1) is 11.8 Å². The molecule has 102 valence electrons. The Kier molecular flexibility index (Phi) is 3.96. The molecule has 1 aliphatic rings. The number of halogens is 1. The average Bonchev–Trinajstić information content (AvgIpc) is 2.53. The Morgan fingerprint density at radius 1 is 1.39 bits per heavy atom. The fourth-order valence-electron chi connectivity index (χ4n) is 2.15. The van der Waals surface area contributed by atoms with Crippen molar-refractivity contribution >= 4 is 19.7 Å². The maximum Gasteiger partial charge on any atom is 0.296 e. The molecule has 0 saturated heterocycles. The van der Waals surface area contributed by atoms with E-state index in [0.29, 0.717) is 18.4 Å². The molecule has 0 aromatic carbocycles. The number of hydrogen-bond acceptors (Lipinski definition) is 4. The summed E-state index contributed by atoms with van der Waals surface area (Å²) in [6, 6.07) is 0. The van der Waals surface area contributed by atoms with E-state index in [1.165, 1.54) is 19.3 Å². The number of nitrogens with zero attached hydrogens (tertiary/aromatic N) is 3. The Labute approximate surface area is 112 Å². The Hall–Kier alpha value is -0.620. The molecule has 1 aromatic rings. The van der Waals surface area contributed by atoms with Crippen LogP contribution in [0.25, 0.3) is 0 Å². The molecule has 7 heteroatoms. The molecule has 1 fully saturated rings. The molecular weight excluding hydrogens is 274 g/mol. The summed E-state index contributed by atoms with van der Waals surface area (Å²) in [5.74, 6) is 1.68. The van der Waals surface area contributed by atoms with Gasteiger partial charge in [0.2, 0.25) is 0 Å². The zero-order chi connectivity index (χ0) is 13.3. The van der Waals surface area contributed by atoms with E-state index < -0.39 is 9.05 Å². The third-order valence-corrected chi connectivity index (χ3v) is 4.41. The first-order valence-electron chi connectivity index (χ1n) is 6.24. The second-order valence-electron chi connectivity index (χ2n) is 5.34. The molecule has 1 aliphatic carbocycles. The van der Waals surface area contributed by atoms with E-state index in [4.69, 9.17) is 10.7 Å². The summed E-state index contributed by atoms with van der Waals surface area (Å²) in [6.45, 7) is 4.63. The highest BCUT2D eigenvalue weighted by Crippen LogP contribution is 2.30. The SMILES string of the molecule is CC(C)Cn1c(CC2CCC2)nnc1S(=O)(=O)Cl. The van der Waals surface area contributed by atoms with Crippen LogP contribution in [0.4, 0.5) is 0 Å². The van der Waals surface area contributed by atoms with E-state index in [1.807, 2.05) is 13.8 Å². The summed E-state index contributed by atoms with van der Waals surface area (Å²) < 4.78 is 24.6. The minimum Gasteiger partial charge on any atom is -0.301 e. The Balaban J connectivity index is 2.30. The van der Waals surface area contributed by atoms with Gasteiger partial charge in [-0.25, -0.2) is 8.42 Å². The van der Waals surface area contributed by atoms with Crippen LogP contribution in [-0.4, -0.2) is 23.2 Å². The first kappa shape index (κ1) is 13.8. The van der Waals surface area contributed by atoms with Gasteiger partial charge in [0.15, 0.2) is 0 Å². The van der Waals surface area contributed by atoms with E-state index in [-0.39, 0.29) is 5.16 Å². The lowest BCUT2D eigenvalue weighted by Gasteiger charge is -2.25. The predicted molar refractivity (Wildman–Crippen MR) is 68.9 cm³/mol. The number of aromatic nitrogens is 3. The first-order chi connectivity index (χ1) is 8.38. The molecule has 18 heavy (non-hydrogen) atoms. The van der Waals surface area contributed by atoms with Crippen molar-refractivity contribution in [2.24, 2.45) is 11.8 Å². The summed E-state index contributed by atoms with van der Waals surface area (Å²) in [4.78, 5) is 0. The fraction of sp³-hybridized carbons (Fsp3) is 0.818. The summed E-state index contributed by atoms with van der Waals surface area (Å²) in [7, 11) is 1.57. The molecule has 0 unspecified atom stereocenters. The molecule has 0 spiro atoms. The predicted octanol–water partition coefficient (Wildman–Crippen LogP) is 2.20. The Bertz CT molecular complexity index is 520. The normalized spacial score (nSPS) is 17.1. The number of hydrogen-bond donors (Lipinski definition) is 0. The summed E-state index contributed by atoms with van der Waals surface area (Å²) in [6.07, 6.45) is 4.44. The third-order valence-electron chi connectivity index (χ3n) is 3.26. The minimum absolute atomic E-state index is 0.118. The maximum atomic E-state index is 11.5. The van der Waals surface area contributed by atoms with Crippen LogP contribution in [0.2, 0.25) is 0 Å². The van der Waals surface area contributed by atoms with Gasteiger partial charge in [0.25, 0.3) is 14.2 Å². The maximum absolute atomic E-state index is 11.5. The van der Waals surface area contributed by atoms with Crippen LogP contribution in [-0.2, 0) is 22.0 Å². The van der Waals surface area contributed by atoms with Gasteiger partial charge in [-0.05, 0) is 11.8 Å². The second kappa shape index (κ2) is 5.17. The highest BCUT2D eigenvalue weighted by molar-refractivity contribution is 8.13. The van der Waals surface area contributed by atoms with Crippen molar-refractivity contribution in [2.45, 2.75) is 51.2 Å². The highest BCUT2D eigenvalue weighted by Gasteiger charge is 2.26. The fourth-order valence-corrected chi connectivity index (χ4v) is 3.08. The van der Waals surface area contributed by atoms with Crippen LogP contribution in [0.5, 0.6) is 0 Å². The van der Waals surface area contributed by atoms with Gasteiger partial charge in [-0.1, -0.05) is 33.1 Å². The van der Waals surface area contributed by atoms with E-state index in [1.54, 1.807) is 4.57 Å². The molecule has 0 radical (unpaired) electrons. The Morgan fingerprint density at radius 2 is 2.06 bits per heavy atom. The van der Waals surface area contributed by atoms with E-state index >= 15 is 0 Å². The van der Waals surface area contributed by atoms with Crippen LogP contribution >= 0.6 is 10.7 Å². The lowest BCUT2D eigenvalue weighted by molar-refractivity contribution is 0.302. The van der Waals surface area contributed by atoms with Crippen LogP contribution in [0.1, 0.15) is 38.9 Å². The number of rotatable bonds is 5. The highest BCUT2D eigenvalue weighted by atomic mass is 35.7. The molecule has 2 rings (SSSR count). The molecule has 0 amide bonds. The van der Waals surface area contributed by atoms with Gasteiger partial charge < -0.3 is 4.57 Å². The molecule has 0 atom stereocenters. The lowest BCUT2D eigenvalue weighted by Crippen LogP contribution is -2.19. The molecule has 0 N–H and O–H groups in total. The lowest BCUT2D eigenvalue weighted by atomic mass is 9.83. The van der Waals surface area contributed by atoms with Gasteiger partial charge in [0.05, 0.1) is 0 Å². The van der Waals surface area contributed by atoms with Crippen molar-refractivity contribution in [3.05, 3.63) is 5.82 Å². The molecule has 1 aromatic heterocycles. The van der Waals surface area contributed by atoms with Crippen LogP contribution in [0.3, 0.4) is 0 Å². The van der Waals surface area contributed by atoms with Crippen molar-refractivity contribution in [2.75, 3.05) is 0 Å². The minimum atomic E-state index is -3.82. The van der Waals surface area contributed by atoms with E-state index in [2.05, 4.69) is 10.2 Å². The summed E-state index contributed by atoms with van der Waals surface area (Å²) in [5, 5.41) is 7.63. The summed E-state index contributed by atoms with van der Waals surface area (Å²) >= 11 is 0. The van der Waals surface area contributed by atoms with Crippen molar-refractivity contribution in [3.8, 4) is 0 Å². The third kappa shape index (κ3) is 3.03. The quantitative estimate of drug-likeness (QED) is 0.780. The van der Waals surface area contributed by atoms with E-state index in [0.717, 1.165) is 12.2 Å². The van der Waals surface area contributed by atoms with Gasteiger partial charge in [0.1, 0.15) is 5.82 Å². The van der Waals surface area contributed by atoms with Crippen molar-refractivity contribution in [3.63, 3.8) is 0 Å². The zero-order valence-corrected chi connectivity index (χ0v) is 12.2. The molecular formula is C11H18ClN3O2S. The standard InChI is InChI=1S/C11H18ClN3O2S/c1-8(2)7-15-10(6-9-4-3-5-9)13-14-11(15)18(12,16)17/h8-9H,3-7H2,1-2H3. The van der Waals surface area contributed by atoms with Gasteiger partial charge in [-0.15, -0.1) is 10.2 Å². The summed E-state index contributed by atoms with van der Waals surface area (Å²) in [5.41, 5.74) is 0. The molecule has 0 bridgehead atoms. The largest absolute Gasteiger partial charge is 0.301 e. The topological polar surface area (TPSA) is 64.8 Å². The van der Waals surface area contributed by atoms with Gasteiger partial charge in [-0.2, -0.15) is 0 Å².